The molecule has 146 valence electrons. The van der Waals surface area contributed by atoms with Gasteiger partial charge in [-0.15, -0.1) is 0 Å². The van der Waals surface area contributed by atoms with Crippen molar-refractivity contribution in [2.45, 2.75) is 57.0 Å². The molecule has 2 atom stereocenters. The number of aryl methyl sites for hydroxylation is 1. The standard InChI is InChI=1S/C23H31NO3/c1-17-7-5-6-10-22(17)23(18-8-3-2-4-9-18)27-16-21(26)15-24-19-11-13-20(25)14-12-19/h2-10,19-21,23-26H,11-16H2,1H3/p+1/t19?,20?,21-,23-/m1/s1. The first kappa shape index (κ1) is 20.0. The zero-order chi connectivity index (χ0) is 19.1. The SMILES string of the molecule is Cc1ccccc1[C@H](OC[C@H](O)C[NH2+]C1CCC(O)CC1)c1ccccc1. The van der Waals surface area contributed by atoms with Gasteiger partial charge in [-0.25, -0.2) is 0 Å². The average molecular weight is 371 g/mol. The molecule has 1 aliphatic rings. The summed E-state index contributed by atoms with van der Waals surface area (Å²) in [7, 11) is 0. The van der Waals surface area contributed by atoms with Gasteiger partial charge in [0.15, 0.2) is 0 Å². The number of quaternary nitrogens is 1. The highest BCUT2D eigenvalue weighted by molar-refractivity contribution is 5.35. The monoisotopic (exact) mass is 370 g/mol. The summed E-state index contributed by atoms with van der Waals surface area (Å²) in [5.74, 6) is 0. The number of aliphatic hydroxyl groups is 2. The Bertz CT molecular complexity index is 683. The van der Waals surface area contributed by atoms with Crippen molar-refractivity contribution in [1.29, 1.82) is 0 Å². The maximum absolute atomic E-state index is 10.4. The summed E-state index contributed by atoms with van der Waals surface area (Å²) < 4.78 is 6.20. The molecule has 4 heteroatoms. The number of nitrogens with two attached hydrogens (primary N) is 1. The van der Waals surface area contributed by atoms with Crippen molar-refractivity contribution >= 4 is 0 Å². The third-order valence-electron chi connectivity index (χ3n) is 5.51. The van der Waals surface area contributed by atoms with Crippen LogP contribution < -0.4 is 5.32 Å². The first-order chi connectivity index (χ1) is 13.1. The summed E-state index contributed by atoms with van der Waals surface area (Å²) in [5, 5.41) is 22.3. The van der Waals surface area contributed by atoms with Crippen LogP contribution in [-0.2, 0) is 4.74 Å². The molecule has 0 aliphatic heterocycles. The minimum absolute atomic E-state index is 0.136. The van der Waals surface area contributed by atoms with E-state index in [1.165, 1.54) is 5.56 Å². The third-order valence-corrected chi connectivity index (χ3v) is 5.51. The lowest BCUT2D eigenvalue weighted by Gasteiger charge is -2.25. The molecule has 0 amide bonds. The number of rotatable bonds is 8. The molecule has 2 aromatic carbocycles. The minimum Gasteiger partial charge on any atom is -0.393 e. The van der Waals surface area contributed by atoms with Gasteiger partial charge in [-0.3, -0.25) is 0 Å². The summed E-state index contributed by atoms with van der Waals surface area (Å²) in [5.41, 5.74) is 3.43. The van der Waals surface area contributed by atoms with Crippen LogP contribution >= 0.6 is 0 Å². The molecule has 0 bridgehead atoms. The molecule has 1 fully saturated rings. The molecular formula is C23H32NO3+. The van der Waals surface area contributed by atoms with Crippen LogP contribution in [0.1, 0.15) is 48.5 Å². The quantitative estimate of drug-likeness (QED) is 0.668. The largest absolute Gasteiger partial charge is 0.393 e. The van der Waals surface area contributed by atoms with Crippen LogP contribution in [0.3, 0.4) is 0 Å². The highest BCUT2D eigenvalue weighted by Gasteiger charge is 2.23. The van der Waals surface area contributed by atoms with Crippen LogP contribution in [0.5, 0.6) is 0 Å². The molecule has 0 heterocycles. The Kier molecular flexibility index (Phi) is 7.41. The average Bonchev–Trinajstić information content (AvgIpc) is 2.70. The Hall–Kier alpha value is -1.72. The van der Waals surface area contributed by atoms with E-state index < -0.39 is 6.10 Å². The van der Waals surface area contributed by atoms with E-state index in [1.807, 2.05) is 30.3 Å². The van der Waals surface area contributed by atoms with Gasteiger partial charge in [0.05, 0.1) is 18.8 Å². The van der Waals surface area contributed by atoms with E-state index in [2.05, 4.69) is 36.5 Å². The Morgan fingerprint density at radius 1 is 1.00 bits per heavy atom. The number of benzene rings is 2. The van der Waals surface area contributed by atoms with Crippen LogP contribution in [0.4, 0.5) is 0 Å². The van der Waals surface area contributed by atoms with E-state index in [1.54, 1.807) is 0 Å². The van der Waals surface area contributed by atoms with Gasteiger partial charge < -0.3 is 20.3 Å². The molecule has 2 aromatic rings. The van der Waals surface area contributed by atoms with Gasteiger partial charge in [0.1, 0.15) is 18.8 Å². The van der Waals surface area contributed by atoms with E-state index in [4.69, 9.17) is 4.74 Å². The minimum atomic E-state index is -0.507. The molecule has 0 aromatic heterocycles. The van der Waals surface area contributed by atoms with Crippen molar-refractivity contribution in [3.63, 3.8) is 0 Å². The van der Waals surface area contributed by atoms with Crippen molar-refractivity contribution < 1.29 is 20.3 Å². The van der Waals surface area contributed by atoms with Gasteiger partial charge in [-0.05, 0) is 36.5 Å². The molecule has 0 unspecified atom stereocenters. The highest BCUT2D eigenvalue weighted by atomic mass is 16.5. The van der Waals surface area contributed by atoms with E-state index >= 15 is 0 Å². The molecule has 0 radical (unpaired) electrons. The van der Waals surface area contributed by atoms with Gasteiger partial charge in [0, 0.05) is 12.8 Å². The van der Waals surface area contributed by atoms with Gasteiger partial charge in [-0.2, -0.15) is 0 Å². The van der Waals surface area contributed by atoms with Gasteiger partial charge in [-0.1, -0.05) is 54.6 Å². The fraction of sp³-hybridized carbons (Fsp3) is 0.478. The Labute approximate surface area is 162 Å². The second-order valence-electron chi connectivity index (χ2n) is 7.67. The van der Waals surface area contributed by atoms with Crippen LogP contribution in [0.2, 0.25) is 0 Å². The Morgan fingerprint density at radius 3 is 2.37 bits per heavy atom. The summed E-state index contributed by atoms with van der Waals surface area (Å²) in [6.45, 7) is 3.03. The first-order valence-electron chi connectivity index (χ1n) is 10.0. The molecule has 27 heavy (non-hydrogen) atoms. The number of hydrogen-bond acceptors (Lipinski definition) is 3. The predicted molar refractivity (Wildman–Crippen MR) is 106 cm³/mol. The number of aliphatic hydroxyl groups excluding tert-OH is 2. The van der Waals surface area contributed by atoms with E-state index in [9.17, 15) is 10.2 Å². The lowest BCUT2D eigenvalue weighted by atomic mass is 9.93. The summed E-state index contributed by atoms with van der Waals surface area (Å²) in [6, 6.07) is 18.9. The van der Waals surface area contributed by atoms with E-state index in [0.717, 1.165) is 36.8 Å². The van der Waals surface area contributed by atoms with Gasteiger partial charge in [0.2, 0.25) is 0 Å². The Balaban J connectivity index is 1.57. The second-order valence-corrected chi connectivity index (χ2v) is 7.67. The third kappa shape index (κ3) is 5.88. The molecule has 3 rings (SSSR count). The van der Waals surface area contributed by atoms with Crippen LogP contribution in [0, 0.1) is 6.92 Å². The molecule has 1 aliphatic carbocycles. The predicted octanol–water partition coefficient (Wildman–Crippen LogP) is 2.33. The normalized spacial score (nSPS) is 22.3. The molecule has 4 nitrogen and oxygen atoms in total. The van der Waals surface area contributed by atoms with Crippen molar-refractivity contribution in [3.05, 3.63) is 71.3 Å². The smallest absolute Gasteiger partial charge is 0.126 e. The zero-order valence-electron chi connectivity index (χ0n) is 16.1. The topological polar surface area (TPSA) is 66.3 Å². The molecule has 4 N–H and O–H groups in total. The summed E-state index contributed by atoms with van der Waals surface area (Å²) >= 11 is 0. The van der Waals surface area contributed by atoms with Crippen LogP contribution in [0.25, 0.3) is 0 Å². The van der Waals surface area contributed by atoms with Crippen LogP contribution in [-0.4, -0.2) is 41.6 Å². The van der Waals surface area contributed by atoms with Crippen molar-refractivity contribution in [3.8, 4) is 0 Å². The van der Waals surface area contributed by atoms with Crippen molar-refractivity contribution in [2.24, 2.45) is 0 Å². The summed E-state index contributed by atoms with van der Waals surface area (Å²) in [6.07, 6.45) is 2.96. The summed E-state index contributed by atoms with van der Waals surface area (Å²) in [4.78, 5) is 0. The van der Waals surface area contributed by atoms with Crippen molar-refractivity contribution in [2.75, 3.05) is 13.2 Å². The highest BCUT2D eigenvalue weighted by Crippen LogP contribution is 2.28. The fourth-order valence-corrected chi connectivity index (χ4v) is 3.84. The fourth-order valence-electron chi connectivity index (χ4n) is 3.84. The zero-order valence-corrected chi connectivity index (χ0v) is 16.1. The number of ether oxygens (including phenoxy) is 1. The van der Waals surface area contributed by atoms with Gasteiger partial charge >= 0.3 is 0 Å². The van der Waals surface area contributed by atoms with E-state index in [-0.39, 0.29) is 12.2 Å². The maximum Gasteiger partial charge on any atom is 0.126 e. The molecule has 0 saturated heterocycles. The molecular weight excluding hydrogens is 338 g/mol. The van der Waals surface area contributed by atoms with Gasteiger partial charge in [0.25, 0.3) is 0 Å². The Morgan fingerprint density at radius 2 is 1.67 bits per heavy atom. The number of hydrogen-bond donors (Lipinski definition) is 3. The lowest BCUT2D eigenvalue weighted by molar-refractivity contribution is -0.697. The molecule has 1 saturated carbocycles. The maximum atomic E-state index is 10.4. The van der Waals surface area contributed by atoms with Crippen LogP contribution in [0.15, 0.2) is 54.6 Å². The van der Waals surface area contributed by atoms with E-state index in [0.29, 0.717) is 19.2 Å². The first-order valence-corrected chi connectivity index (χ1v) is 10.0. The second kappa shape index (κ2) is 10.00. The lowest BCUT2D eigenvalue weighted by Crippen LogP contribution is -2.92. The van der Waals surface area contributed by atoms with Crippen molar-refractivity contribution in [1.82, 2.24) is 0 Å². The molecule has 0 spiro atoms.